The van der Waals surface area contributed by atoms with Crippen molar-refractivity contribution >= 4 is 6.03 Å². The van der Waals surface area contributed by atoms with Crippen LogP contribution in [0, 0.1) is 0 Å². The Kier molecular flexibility index (Phi) is 6.99. The number of nitrogens with one attached hydrogen (secondary N) is 2. The van der Waals surface area contributed by atoms with Gasteiger partial charge < -0.3 is 20.1 Å². The molecule has 1 fully saturated rings. The summed E-state index contributed by atoms with van der Waals surface area (Å²) in [5, 5.41) is 5.75. The maximum atomic E-state index is 11.7. The lowest BCUT2D eigenvalue weighted by molar-refractivity contribution is 0.0387. The standard InChI is InChI=1S/C16H25N3O3/c1-21-15-5-3-2-4-14(15)6-7-17-16(20)18-8-9-19-10-12-22-13-11-19/h2-5H,6-13H2,1H3,(H2,17,18,20). The van der Waals surface area contributed by atoms with Gasteiger partial charge in [-0.25, -0.2) is 4.79 Å². The summed E-state index contributed by atoms with van der Waals surface area (Å²) in [6.07, 6.45) is 0.751. The van der Waals surface area contributed by atoms with Gasteiger partial charge >= 0.3 is 6.03 Å². The summed E-state index contributed by atoms with van der Waals surface area (Å²) in [7, 11) is 1.66. The van der Waals surface area contributed by atoms with Crippen molar-refractivity contribution in [3.63, 3.8) is 0 Å². The summed E-state index contributed by atoms with van der Waals surface area (Å²) < 4.78 is 10.6. The molecule has 1 aliphatic heterocycles. The van der Waals surface area contributed by atoms with Crippen molar-refractivity contribution in [3.05, 3.63) is 29.8 Å². The Morgan fingerprint density at radius 2 is 1.95 bits per heavy atom. The number of para-hydroxylation sites is 1. The third-order valence-electron chi connectivity index (χ3n) is 3.69. The van der Waals surface area contributed by atoms with E-state index in [2.05, 4.69) is 15.5 Å². The predicted molar refractivity (Wildman–Crippen MR) is 85.4 cm³/mol. The molecule has 0 atom stereocenters. The molecule has 0 aliphatic carbocycles. The van der Waals surface area contributed by atoms with Crippen LogP contribution in [0.2, 0.25) is 0 Å². The second-order valence-electron chi connectivity index (χ2n) is 5.20. The highest BCUT2D eigenvalue weighted by atomic mass is 16.5. The number of rotatable bonds is 7. The Bertz CT molecular complexity index is 462. The average molecular weight is 307 g/mol. The largest absolute Gasteiger partial charge is 0.496 e. The summed E-state index contributed by atoms with van der Waals surface area (Å²) in [6.45, 7) is 5.55. The van der Waals surface area contributed by atoms with Crippen LogP contribution in [0.1, 0.15) is 5.56 Å². The normalized spacial score (nSPS) is 15.3. The van der Waals surface area contributed by atoms with E-state index < -0.39 is 0 Å². The minimum Gasteiger partial charge on any atom is -0.496 e. The summed E-state index contributed by atoms with van der Waals surface area (Å²) in [5.41, 5.74) is 1.10. The zero-order chi connectivity index (χ0) is 15.6. The van der Waals surface area contributed by atoms with Gasteiger partial charge in [-0.1, -0.05) is 18.2 Å². The lowest BCUT2D eigenvalue weighted by Gasteiger charge is -2.26. The fourth-order valence-corrected chi connectivity index (χ4v) is 2.44. The van der Waals surface area contributed by atoms with E-state index in [9.17, 15) is 4.79 Å². The molecule has 1 aromatic rings. The van der Waals surface area contributed by atoms with E-state index in [0.29, 0.717) is 13.1 Å². The number of morpholine rings is 1. The molecule has 6 nitrogen and oxygen atoms in total. The molecule has 122 valence electrons. The summed E-state index contributed by atoms with van der Waals surface area (Å²) in [4.78, 5) is 14.0. The fraction of sp³-hybridized carbons (Fsp3) is 0.562. The van der Waals surface area contributed by atoms with Gasteiger partial charge in [-0.2, -0.15) is 0 Å². The van der Waals surface area contributed by atoms with Gasteiger partial charge in [0.05, 0.1) is 20.3 Å². The van der Waals surface area contributed by atoms with E-state index >= 15 is 0 Å². The Morgan fingerprint density at radius 3 is 2.73 bits per heavy atom. The van der Waals surface area contributed by atoms with Gasteiger partial charge in [-0.15, -0.1) is 0 Å². The zero-order valence-electron chi connectivity index (χ0n) is 13.1. The summed E-state index contributed by atoms with van der Waals surface area (Å²) in [5.74, 6) is 0.858. The minimum atomic E-state index is -0.122. The number of urea groups is 1. The van der Waals surface area contributed by atoms with Gasteiger partial charge in [0.2, 0.25) is 0 Å². The molecule has 0 aromatic heterocycles. The molecule has 0 bridgehead atoms. The first kappa shape index (κ1) is 16.6. The number of nitrogens with zero attached hydrogens (tertiary/aromatic N) is 1. The number of hydrogen-bond donors (Lipinski definition) is 2. The third-order valence-corrected chi connectivity index (χ3v) is 3.69. The Morgan fingerprint density at radius 1 is 1.23 bits per heavy atom. The van der Waals surface area contributed by atoms with Crippen LogP contribution in [0.5, 0.6) is 5.75 Å². The van der Waals surface area contributed by atoms with Crippen molar-refractivity contribution in [1.29, 1.82) is 0 Å². The molecule has 1 aliphatic rings. The van der Waals surface area contributed by atoms with Crippen molar-refractivity contribution in [2.45, 2.75) is 6.42 Å². The molecule has 0 unspecified atom stereocenters. The first-order valence-electron chi connectivity index (χ1n) is 7.73. The second kappa shape index (κ2) is 9.27. The van der Waals surface area contributed by atoms with E-state index in [1.54, 1.807) is 7.11 Å². The number of hydrogen-bond acceptors (Lipinski definition) is 4. The highest BCUT2D eigenvalue weighted by Crippen LogP contribution is 2.17. The van der Waals surface area contributed by atoms with Gasteiger partial charge in [0.1, 0.15) is 5.75 Å². The molecule has 0 radical (unpaired) electrons. The van der Waals surface area contributed by atoms with Crippen LogP contribution >= 0.6 is 0 Å². The van der Waals surface area contributed by atoms with Crippen LogP contribution in [0.25, 0.3) is 0 Å². The van der Waals surface area contributed by atoms with Crippen LogP contribution in [0.15, 0.2) is 24.3 Å². The highest BCUT2D eigenvalue weighted by molar-refractivity contribution is 5.73. The predicted octanol–water partition coefficient (Wildman–Crippen LogP) is 0.869. The Hall–Kier alpha value is -1.79. The molecular formula is C16H25N3O3. The molecule has 2 rings (SSSR count). The molecule has 1 saturated heterocycles. The fourth-order valence-electron chi connectivity index (χ4n) is 2.44. The maximum absolute atomic E-state index is 11.7. The van der Waals surface area contributed by atoms with Gasteiger partial charge in [-0.3, -0.25) is 4.90 Å². The molecule has 2 amide bonds. The number of carbonyl (C=O) groups is 1. The van der Waals surface area contributed by atoms with Crippen LogP contribution in [0.3, 0.4) is 0 Å². The van der Waals surface area contributed by atoms with Gasteiger partial charge in [-0.05, 0) is 18.1 Å². The second-order valence-corrected chi connectivity index (χ2v) is 5.20. The first-order valence-corrected chi connectivity index (χ1v) is 7.73. The van der Waals surface area contributed by atoms with E-state index in [1.165, 1.54) is 0 Å². The Balaban J connectivity index is 1.59. The number of amides is 2. The van der Waals surface area contributed by atoms with Gasteiger partial charge in [0, 0.05) is 32.7 Å². The molecule has 2 N–H and O–H groups in total. The SMILES string of the molecule is COc1ccccc1CCNC(=O)NCCN1CCOCC1. The summed E-state index contributed by atoms with van der Waals surface area (Å²) in [6, 6.07) is 7.73. The number of ether oxygens (including phenoxy) is 2. The van der Waals surface area contributed by atoms with Gasteiger partial charge in [0.15, 0.2) is 0 Å². The van der Waals surface area contributed by atoms with Crippen molar-refractivity contribution in [3.8, 4) is 5.75 Å². The quantitative estimate of drug-likeness (QED) is 0.784. The van der Waals surface area contributed by atoms with E-state index in [-0.39, 0.29) is 6.03 Å². The lowest BCUT2D eigenvalue weighted by atomic mass is 10.1. The van der Waals surface area contributed by atoms with E-state index in [4.69, 9.17) is 9.47 Å². The average Bonchev–Trinajstić information content (AvgIpc) is 2.56. The first-order chi connectivity index (χ1) is 10.8. The van der Waals surface area contributed by atoms with Crippen LogP contribution < -0.4 is 15.4 Å². The monoisotopic (exact) mass is 307 g/mol. The molecular weight excluding hydrogens is 282 g/mol. The molecule has 0 spiro atoms. The van der Waals surface area contributed by atoms with Gasteiger partial charge in [0.25, 0.3) is 0 Å². The highest BCUT2D eigenvalue weighted by Gasteiger charge is 2.10. The van der Waals surface area contributed by atoms with E-state index in [1.807, 2.05) is 24.3 Å². The molecule has 1 aromatic carbocycles. The molecule has 22 heavy (non-hydrogen) atoms. The molecule has 1 heterocycles. The zero-order valence-corrected chi connectivity index (χ0v) is 13.1. The summed E-state index contributed by atoms with van der Waals surface area (Å²) >= 11 is 0. The van der Waals surface area contributed by atoms with Crippen LogP contribution in [-0.4, -0.2) is 64.0 Å². The van der Waals surface area contributed by atoms with Crippen LogP contribution in [0.4, 0.5) is 4.79 Å². The third kappa shape index (κ3) is 5.54. The number of methoxy groups -OCH3 is 1. The maximum Gasteiger partial charge on any atom is 0.314 e. The smallest absolute Gasteiger partial charge is 0.314 e. The van der Waals surface area contributed by atoms with Crippen LogP contribution in [-0.2, 0) is 11.2 Å². The molecule has 6 heteroatoms. The number of carbonyl (C=O) groups excluding carboxylic acids is 1. The van der Waals surface area contributed by atoms with E-state index in [0.717, 1.165) is 50.6 Å². The molecule has 0 saturated carbocycles. The number of benzene rings is 1. The minimum absolute atomic E-state index is 0.122. The van der Waals surface area contributed by atoms with Crippen molar-refractivity contribution < 1.29 is 14.3 Å². The van der Waals surface area contributed by atoms with Crippen molar-refractivity contribution in [1.82, 2.24) is 15.5 Å². The topological polar surface area (TPSA) is 62.8 Å². The van der Waals surface area contributed by atoms with Crippen molar-refractivity contribution in [2.24, 2.45) is 0 Å². The Labute approximate surface area is 131 Å². The van der Waals surface area contributed by atoms with Crippen molar-refractivity contribution in [2.75, 3.05) is 53.0 Å². The lowest BCUT2D eigenvalue weighted by Crippen LogP contribution is -2.44.